The molecular formula is C15H17F3N4O2. The van der Waals surface area contributed by atoms with Crippen molar-refractivity contribution in [1.29, 1.82) is 0 Å². The van der Waals surface area contributed by atoms with E-state index in [1.807, 2.05) is 6.07 Å². The van der Waals surface area contributed by atoms with E-state index in [1.165, 1.54) is 0 Å². The molecule has 1 saturated heterocycles. The Balaban J connectivity index is 1.55. The van der Waals surface area contributed by atoms with Gasteiger partial charge in [0, 0.05) is 19.3 Å². The van der Waals surface area contributed by atoms with Crippen molar-refractivity contribution in [3.63, 3.8) is 0 Å². The highest BCUT2D eigenvalue weighted by molar-refractivity contribution is 5.27. The number of ether oxygens (including phenoxy) is 1. The van der Waals surface area contributed by atoms with Crippen LogP contribution in [0.25, 0.3) is 0 Å². The monoisotopic (exact) mass is 342 g/mol. The molecule has 0 saturated carbocycles. The normalized spacial score (nSPS) is 16.3. The fourth-order valence-corrected chi connectivity index (χ4v) is 2.35. The molecule has 9 heteroatoms. The fourth-order valence-electron chi connectivity index (χ4n) is 2.35. The Bertz CT molecular complexity index is 669. The second kappa shape index (κ2) is 7.18. The van der Waals surface area contributed by atoms with Crippen molar-refractivity contribution in [2.45, 2.75) is 19.3 Å². The topological polar surface area (TPSA) is 63.4 Å². The van der Waals surface area contributed by atoms with Crippen LogP contribution >= 0.6 is 0 Å². The van der Waals surface area contributed by atoms with Gasteiger partial charge in [0.1, 0.15) is 17.2 Å². The molecule has 2 aromatic rings. The van der Waals surface area contributed by atoms with E-state index in [0.717, 1.165) is 31.1 Å². The lowest BCUT2D eigenvalue weighted by Gasteiger charge is -2.25. The molecule has 0 aliphatic carbocycles. The summed E-state index contributed by atoms with van der Waals surface area (Å²) in [6, 6.07) is 4.48. The van der Waals surface area contributed by atoms with Crippen LogP contribution < -0.4 is 5.32 Å². The summed E-state index contributed by atoms with van der Waals surface area (Å²) in [6.07, 6.45) is -3.42. The van der Waals surface area contributed by atoms with E-state index in [1.54, 1.807) is 6.07 Å². The number of hydrogen-bond donors (Lipinski definition) is 1. The minimum atomic E-state index is -4.49. The molecule has 0 unspecified atom stereocenters. The zero-order valence-corrected chi connectivity index (χ0v) is 12.8. The first-order valence-corrected chi connectivity index (χ1v) is 7.52. The minimum absolute atomic E-state index is 0.0871. The van der Waals surface area contributed by atoms with Crippen LogP contribution in [0.2, 0.25) is 0 Å². The summed E-state index contributed by atoms with van der Waals surface area (Å²) in [6.45, 7) is 4.02. The molecule has 0 bridgehead atoms. The van der Waals surface area contributed by atoms with E-state index in [2.05, 4.69) is 20.2 Å². The molecule has 0 aromatic carbocycles. The molecular weight excluding hydrogens is 325 g/mol. The third-order valence-electron chi connectivity index (χ3n) is 3.57. The highest BCUT2D eigenvalue weighted by Crippen LogP contribution is 2.27. The molecule has 3 heterocycles. The van der Waals surface area contributed by atoms with Crippen molar-refractivity contribution in [2.75, 3.05) is 31.6 Å². The lowest BCUT2D eigenvalue weighted by molar-refractivity contribution is -0.141. The van der Waals surface area contributed by atoms with Crippen LogP contribution in [0, 0.1) is 0 Å². The Morgan fingerprint density at radius 2 is 1.88 bits per heavy atom. The fraction of sp³-hybridized carbons (Fsp3) is 0.467. The number of aromatic nitrogens is 2. The zero-order chi connectivity index (χ0) is 17.0. The summed E-state index contributed by atoms with van der Waals surface area (Å²) >= 11 is 0. The van der Waals surface area contributed by atoms with Crippen LogP contribution in [0.4, 0.5) is 19.1 Å². The number of hydrogen-bond acceptors (Lipinski definition) is 6. The number of furan rings is 1. The van der Waals surface area contributed by atoms with Crippen LogP contribution in [0.5, 0.6) is 0 Å². The van der Waals surface area contributed by atoms with Gasteiger partial charge in [-0.05, 0) is 18.2 Å². The van der Waals surface area contributed by atoms with E-state index in [4.69, 9.17) is 9.15 Å². The molecule has 1 aliphatic heterocycles. The van der Waals surface area contributed by atoms with E-state index >= 15 is 0 Å². The van der Waals surface area contributed by atoms with Crippen molar-refractivity contribution >= 4 is 5.95 Å². The zero-order valence-electron chi connectivity index (χ0n) is 12.8. The molecule has 0 radical (unpaired) electrons. The van der Waals surface area contributed by atoms with Gasteiger partial charge in [0.2, 0.25) is 5.95 Å². The lowest BCUT2D eigenvalue weighted by atomic mass is 10.3. The number of anilines is 1. The first-order chi connectivity index (χ1) is 11.5. The standard InChI is InChI=1S/C15H17F3N4O2/c16-15(17,18)13-3-4-19-14(21-13)20-9-11-1-2-12(24-11)10-22-5-7-23-8-6-22/h1-4H,5-10H2,(H,19,20,21). The van der Waals surface area contributed by atoms with Gasteiger partial charge in [-0.3, -0.25) is 4.90 Å². The Kier molecular flexibility index (Phi) is 5.00. The summed E-state index contributed by atoms with van der Waals surface area (Å²) in [4.78, 5) is 9.45. The van der Waals surface area contributed by atoms with E-state index < -0.39 is 11.9 Å². The highest BCUT2D eigenvalue weighted by atomic mass is 19.4. The van der Waals surface area contributed by atoms with Gasteiger partial charge in [-0.25, -0.2) is 9.97 Å². The van der Waals surface area contributed by atoms with Crippen LogP contribution in [0.15, 0.2) is 28.8 Å². The number of rotatable bonds is 5. The Morgan fingerprint density at radius 3 is 2.62 bits per heavy atom. The first-order valence-electron chi connectivity index (χ1n) is 7.52. The quantitative estimate of drug-likeness (QED) is 0.901. The van der Waals surface area contributed by atoms with Crippen molar-refractivity contribution in [3.8, 4) is 0 Å². The van der Waals surface area contributed by atoms with Crippen LogP contribution in [0.1, 0.15) is 17.2 Å². The van der Waals surface area contributed by atoms with Crippen LogP contribution in [0.3, 0.4) is 0 Å². The summed E-state index contributed by atoms with van der Waals surface area (Å²) in [5, 5.41) is 2.74. The highest BCUT2D eigenvalue weighted by Gasteiger charge is 2.32. The molecule has 24 heavy (non-hydrogen) atoms. The molecule has 130 valence electrons. The average molecular weight is 342 g/mol. The predicted molar refractivity (Wildman–Crippen MR) is 79.2 cm³/mol. The third kappa shape index (κ3) is 4.45. The summed E-state index contributed by atoms with van der Waals surface area (Å²) < 4.78 is 48.8. The van der Waals surface area contributed by atoms with Crippen molar-refractivity contribution in [1.82, 2.24) is 14.9 Å². The van der Waals surface area contributed by atoms with Gasteiger partial charge in [0.05, 0.1) is 26.3 Å². The summed E-state index contributed by atoms with van der Waals surface area (Å²) in [7, 11) is 0. The molecule has 1 aliphatic rings. The van der Waals surface area contributed by atoms with E-state index in [-0.39, 0.29) is 12.5 Å². The number of alkyl halides is 3. The molecule has 1 N–H and O–H groups in total. The molecule has 2 aromatic heterocycles. The van der Waals surface area contributed by atoms with Gasteiger partial charge in [-0.1, -0.05) is 0 Å². The number of halogens is 3. The lowest BCUT2D eigenvalue weighted by Crippen LogP contribution is -2.35. The van der Waals surface area contributed by atoms with E-state index in [9.17, 15) is 13.2 Å². The van der Waals surface area contributed by atoms with Gasteiger partial charge >= 0.3 is 6.18 Å². The predicted octanol–water partition coefficient (Wildman–Crippen LogP) is 2.53. The smallest absolute Gasteiger partial charge is 0.433 e. The first kappa shape index (κ1) is 16.7. The summed E-state index contributed by atoms with van der Waals surface area (Å²) in [5.74, 6) is 1.33. The molecule has 0 spiro atoms. The maximum absolute atomic E-state index is 12.6. The van der Waals surface area contributed by atoms with Gasteiger partial charge < -0.3 is 14.5 Å². The Labute approximate surface area is 136 Å². The second-order valence-corrected chi connectivity index (χ2v) is 5.37. The second-order valence-electron chi connectivity index (χ2n) is 5.37. The number of morpholine rings is 1. The number of nitrogens with zero attached hydrogens (tertiary/aromatic N) is 3. The van der Waals surface area contributed by atoms with Crippen molar-refractivity contribution in [3.05, 3.63) is 41.6 Å². The van der Waals surface area contributed by atoms with Gasteiger partial charge in [-0.2, -0.15) is 13.2 Å². The summed E-state index contributed by atoms with van der Waals surface area (Å²) in [5.41, 5.74) is -0.979. The van der Waals surface area contributed by atoms with Gasteiger partial charge in [-0.15, -0.1) is 0 Å². The van der Waals surface area contributed by atoms with Crippen LogP contribution in [-0.4, -0.2) is 41.2 Å². The average Bonchev–Trinajstić information content (AvgIpc) is 3.01. The molecule has 6 nitrogen and oxygen atoms in total. The van der Waals surface area contributed by atoms with Gasteiger partial charge in [0.15, 0.2) is 0 Å². The largest absolute Gasteiger partial charge is 0.463 e. The third-order valence-corrected chi connectivity index (χ3v) is 3.57. The molecule has 3 rings (SSSR count). The SMILES string of the molecule is FC(F)(F)c1ccnc(NCc2ccc(CN3CCOCC3)o2)n1. The van der Waals surface area contributed by atoms with Crippen LogP contribution in [-0.2, 0) is 24.0 Å². The van der Waals surface area contributed by atoms with Gasteiger partial charge in [0.25, 0.3) is 0 Å². The maximum atomic E-state index is 12.6. The Morgan fingerprint density at radius 1 is 1.12 bits per heavy atom. The van der Waals surface area contributed by atoms with E-state index in [0.29, 0.717) is 25.5 Å². The Hall–Kier alpha value is -2.13. The minimum Gasteiger partial charge on any atom is -0.463 e. The maximum Gasteiger partial charge on any atom is 0.433 e. The molecule has 1 fully saturated rings. The molecule has 0 atom stereocenters. The number of nitrogens with one attached hydrogen (secondary N) is 1. The van der Waals surface area contributed by atoms with Crippen molar-refractivity contribution < 1.29 is 22.3 Å². The molecule has 0 amide bonds. The van der Waals surface area contributed by atoms with Crippen molar-refractivity contribution in [2.24, 2.45) is 0 Å².